The summed E-state index contributed by atoms with van der Waals surface area (Å²) in [5, 5.41) is 0. The third-order valence-electron chi connectivity index (χ3n) is 2.98. The molecule has 73 valence electrons. The first kappa shape index (κ1) is 9.79. The number of fused-ring (bicyclic) bond motifs is 1. The van der Waals surface area contributed by atoms with Gasteiger partial charge in [0.25, 0.3) is 0 Å². The van der Waals surface area contributed by atoms with Crippen molar-refractivity contribution < 1.29 is 4.39 Å². The average Bonchev–Trinajstić information content (AvgIpc) is 2.00. The lowest BCUT2D eigenvalue weighted by molar-refractivity contribution is -0.783. The molecule has 0 N–H and O–H groups in total. The highest BCUT2D eigenvalue weighted by atomic mass is 15.2. The van der Waals surface area contributed by atoms with Crippen LogP contribution in [0.1, 0.15) is 19.4 Å². The number of quaternary nitrogens is 1. The summed E-state index contributed by atoms with van der Waals surface area (Å²) in [5.74, 6) is 0. The van der Waals surface area contributed by atoms with Crippen molar-refractivity contribution in [1.29, 1.82) is 0 Å². The molecule has 1 radical (unpaired) electrons. The normalized spacial score (nSPS) is 22.3. The van der Waals surface area contributed by atoms with Crippen molar-refractivity contribution in [2.45, 2.75) is 19.3 Å². The monoisotopic (exact) mass is 187 g/mol. The van der Waals surface area contributed by atoms with Crippen LogP contribution in [0.15, 0.2) is 24.3 Å². The Hall–Kier alpha value is -0.755. The maximum atomic E-state index is 2.35. The van der Waals surface area contributed by atoms with Crippen LogP contribution in [0.3, 0.4) is 0 Å². The van der Waals surface area contributed by atoms with Crippen molar-refractivity contribution in [1.82, 2.24) is 0 Å². The van der Waals surface area contributed by atoms with Crippen molar-refractivity contribution in [3.8, 4) is 0 Å². The van der Waals surface area contributed by atoms with Crippen LogP contribution in [-0.4, -0.2) is 32.4 Å². The first-order valence-corrected chi connectivity index (χ1v) is 5.19. The number of nitrogens with zero attached hydrogens (tertiary/aromatic N) is 1. The highest BCUT2D eigenvalue weighted by Gasteiger charge is 2.39. The van der Waals surface area contributed by atoms with Crippen LogP contribution in [0.2, 0.25) is 0 Å². The summed E-state index contributed by atoms with van der Waals surface area (Å²) >= 11 is 0. The van der Waals surface area contributed by atoms with Gasteiger partial charge in [0.2, 0.25) is 0 Å². The molecule has 0 aromatic heterocycles. The summed E-state index contributed by atoms with van der Waals surface area (Å²) in [6.07, 6.45) is 0. The molecule has 1 heterocycles. The second-order valence-corrected chi connectivity index (χ2v) is 5.54. The van der Waals surface area contributed by atoms with Gasteiger partial charge in [0.1, 0.15) is 0 Å². The zero-order valence-electron chi connectivity index (χ0n) is 9.54. The average molecular weight is 187 g/mol. The van der Waals surface area contributed by atoms with Crippen LogP contribution < -0.4 is 5.46 Å². The van der Waals surface area contributed by atoms with Gasteiger partial charge in [0.05, 0.1) is 6.54 Å². The van der Waals surface area contributed by atoms with Crippen molar-refractivity contribution in [3.05, 3.63) is 29.8 Å². The van der Waals surface area contributed by atoms with Gasteiger partial charge in [0, 0.05) is 19.5 Å². The van der Waals surface area contributed by atoms with Crippen LogP contribution in [0.5, 0.6) is 0 Å². The first-order chi connectivity index (χ1) is 6.41. The Morgan fingerprint density at radius 3 is 2.57 bits per heavy atom. The molecular weight excluding hydrogens is 169 g/mol. The fourth-order valence-electron chi connectivity index (χ4n) is 2.75. The van der Waals surface area contributed by atoms with Crippen LogP contribution in [0, 0.1) is 0 Å². The minimum absolute atomic E-state index is 0.287. The van der Waals surface area contributed by atoms with Crippen LogP contribution in [0.4, 0.5) is 0 Å². The van der Waals surface area contributed by atoms with Gasteiger partial charge in [-0.25, -0.2) is 0 Å². The zero-order chi connectivity index (χ0) is 10.4. The molecule has 0 aliphatic carbocycles. The molecule has 0 saturated carbocycles. The van der Waals surface area contributed by atoms with Gasteiger partial charge in [-0.05, 0) is 11.0 Å². The molecule has 0 amide bonds. The summed E-state index contributed by atoms with van der Waals surface area (Å²) in [7, 11) is 6.87. The van der Waals surface area contributed by atoms with Crippen molar-refractivity contribution in [2.75, 3.05) is 20.6 Å². The molecule has 1 nitrogen and oxygen atoms in total. The van der Waals surface area contributed by atoms with Gasteiger partial charge in [0.15, 0.2) is 0 Å². The summed E-state index contributed by atoms with van der Waals surface area (Å²) in [6, 6.07) is 8.73. The van der Waals surface area contributed by atoms with Gasteiger partial charge < -0.3 is 4.39 Å². The van der Waals surface area contributed by atoms with Crippen LogP contribution >= 0.6 is 0 Å². The molecule has 0 spiro atoms. The van der Waals surface area contributed by atoms with E-state index in [1.165, 1.54) is 17.6 Å². The zero-order valence-corrected chi connectivity index (χ0v) is 9.54. The molecule has 0 saturated heterocycles. The van der Waals surface area contributed by atoms with E-state index in [9.17, 15) is 0 Å². The van der Waals surface area contributed by atoms with Crippen molar-refractivity contribution >= 4 is 12.9 Å². The van der Waals surface area contributed by atoms with Crippen molar-refractivity contribution in [2.24, 2.45) is 0 Å². The lowest BCUT2D eigenvalue weighted by Crippen LogP contribution is -2.60. The van der Waals surface area contributed by atoms with E-state index in [0.717, 1.165) is 4.39 Å². The Bertz CT molecular complexity index is 355. The Morgan fingerprint density at radius 2 is 1.86 bits per heavy atom. The number of likely N-dealkylation sites (N-methyl/N-ethyl adjacent to an activating group) is 1. The Balaban J connectivity index is 2.52. The topological polar surface area (TPSA) is 0 Å². The number of benzene rings is 1. The lowest BCUT2D eigenvalue weighted by Gasteiger charge is -2.43. The second kappa shape index (κ2) is 2.87. The van der Waals surface area contributed by atoms with Crippen molar-refractivity contribution in [3.63, 3.8) is 0 Å². The second-order valence-electron chi connectivity index (χ2n) is 5.54. The van der Waals surface area contributed by atoms with Crippen LogP contribution in [-0.2, 0) is 5.41 Å². The lowest BCUT2D eigenvalue weighted by atomic mass is 9.63. The third kappa shape index (κ3) is 1.59. The maximum Gasteiger partial charge on any atom is 0.486 e. The molecule has 1 aromatic carbocycles. The predicted octanol–water partition coefficient (Wildman–Crippen LogP) is 1.30. The van der Waals surface area contributed by atoms with E-state index in [-0.39, 0.29) is 5.41 Å². The smallest absolute Gasteiger partial charge is 0.395 e. The van der Waals surface area contributed by atoms with Gasteiger partial charge in [-0.1, -0.05) is 38.1 Å². The quantitative estimate of drug-likeness (QED) is 0.537. The molecular formula is C12H18BN+. The minimum atomic E-state index is 0.287. The molecule has 14 heavy (non-hydrogen) atoms. The van der Waals surface area contributed by atoms with E-state index < -0.39 is 0 Å². The number of rotatable bonds is 0. The fraction of sp³-hybridized carbons (Fsp3) is 0.500. The molecule has 2 heteroatoms. The van der Waals surface area contributed by atoms with E-state index in [1.54, 1.807) is 0 Å². The maximum absolute atomic E-state index is 2.35. The Morgan fingerprint density at radius 1 is 1.21 bits per heavy atom. The van der Waals surface area contributed by atoms with E-state index >= 15 is 0 Å². The predicted molar refractivity (Wildman–Crippen MR) is 61.8 cm³/mol. The van der Waals surface area contributed by atoms with E-state index in [2.05, 4.69) is 59.6 Å². The van der Waals surface area contributed by atoms with E-state index in [1.807, 2.05) is 0 Å². The molecule has 1 aliphatic rings. The molecule has 0 fully saturated rings. The molecule has 0 unspecified atom stereocenters. The van der Waals surface area contributed by atoms with Gasteiger partial charge in [-0.15, -0.1) is 0 Å². The standard InChI is InChI=1S/C12H18BN/c1-12(2)9-14(3,4)13-11-8-6-5-7-10(11)12/h5-8H,9H2,1-4H3/q+1. The minimum Gasteiger partial charge on any atom is -0.395 e. The van der Waals surface area contributed by atoms with E-state index in [0.29, 0.717) is 0 Å². The van der Waals surface area contributed by atoms with Gasteiger partial charge in [-0.2, -0.15) is 0 Å². The highest BCUT2D eigenvalue weighted by Crippen LogP contribution is 2.27. The molecule has 1 aliphatic heterocycles. The third-order valence-corrected chi connectivity index (χ3v) is 2.98. The summed E-state index contributed by atoms with van der Waals surface area (Å²) in [4.78, 5) is 0. The number of hydrogen-bond donors (Lipinski definition) is 0. The SMILES string of the molecule is CC1(C)C[N+](C)(C)[B]c2ccccc21. The molecule has 1 aromatic rings. The molecule has 2 rings (SSSR count). The van der Waals surface area contributed by atoms with Gasteiger partial charge >= 0.3 is 7.41 Å². The molecule has 0 bridgehead atoms. The van der Waals surface area contributed by atoms with E-state index in [4.69, 9.17) is 0 Å². The summed E-state index contributed by atoms with van der Waals surface area (Å²) in [6.45, 7) is 5.84. The largest absolute Gasteiger partial charge is 0.486 e. The fourth-order valence-corrected chi connectivity index (χ4v) is 2.75. The summed E-state index contributed by atoms with van der Waals surface area (Å²) < 4.78 is 0.976. The van der Waals surface area contributed by atoms with Gasteiger partial charge in [-0.3, -0.25) is 0 Å². The molecule has 0 atom stereocenters. The Labute approximate surface area is 87.6 Å². The Kier molecular flexibility index (Phi) is 2.00. The number of hydrogen-bond acceptors (Lipinski definition) is 0. The van der Waals surface area contributed by atoms with Crippen LogP contribution in [0.25, 0.3) is 0 Å². The summed E-state index contributed by atoms with van der Waals surface area (Å²) in [5.41, 5.74) is 3.17. The highest BCUT2D eigenvalue weighted by molar-refractivity contribution is 6.47. The first-order valence-electron chi connectivity index (χ1n) is 5.19.